The highest BCUT2D eigenvalue weighted by Gasteiger charge is 2.33. The second-order valence-electron chi connectivity index (χ2n) is 6.06. The monoisotopic (exact) mass is 343 g/mol. The number of carbonyl (C=O) groups excluding carboxylic acids is 2. The molecular weight excluding hydrogens is 322 g/mol. The Kier molecular flexibility index (Phi) is 5.25. The van der Waals surface area contributed by atoms with E-state index < -0.39 is 0 Å². The van der Waals surface area contributed by atoms with E-state index >= 15 is 0 Å². The zero-order valence-corrected chi connectivity index (χ0v) is 14.5. The third kappa shape index (κ3) is 4.00. The first-order valence-electron chi connectivity index (χ1n) is 8.19. The van der Waals surface area contributed by atoms with Gasteiger partial charge in [-0.05, 0) is 31.7 Å². The van der Waals surface area contributed by atoms with Gasteiger partial charge in [0.15, 0.2) is 5.13 Å². The lowest BCUT2D eigenvalue weighted by molar-refractivity contribution is -0.136. The molecule has 1 N–H and O–H groups in total. The summed E-state index contributed by atoms with van der Waals surface area (Å²) in [6.45, 7) is 2.70. The number of likely N-dealkylation sites (tertiary alicyclic amines) is 1. The van der Waals surface area contributed by atoms with Gasteiger partial charge in [0, 0.05) is 24.5 Å². The van der Waals surface area contributed by atoms with Crippen LogP contribution in [-0.4, -0.2) is 34.3 Å². The van der Waals surface area contributed by atoms with E-state index in [9.17, 15) is 9.59 Å². The van der Waals surface area contributed by atoms with Gasteiger partial charge in [-0.3, -0.25) is 9.59 Å². The normalized spacial score (nSPS) is 17.0. The number of aromatic nitrogens is 1. The minimum absolute atomic E-state index is 0.0493. The SMILES string of the molecule is Cc1cccc(CCC(=O)N2CCCC2C(=O)Nc2nccs2)c1. The lowest BCUT2D eigenvalue weighted by atomic mass is 10.1. The fourth-order valence-corrected chi connectivity index (χ4v) is 3.61. The van der Waals surface area contributed by atoms with Crippen LogP contribution in [0.1, 0.15) is 30.4 Å². The fourth-order valence-electron chi connectivity index (χ4n) is 3.07. The van der Waals surface area contributed by atoms with E-state index in [0.717, 1.165) is 12.0 Å². The second-order valence-corrected chi connectivity index (χ2v) is 6.96. The Morgan fingerprint density at radius 1 is 1.42 bits per heavy atom. The molecule has 1 aliphatic heterocycles. The third-order valence-electron chi connectivity index (χ3n) is 4.25. The molecule has 2 aromatic rings. The molecule has 2 amide bonds. The Bertz CT molecular complexity index is 715. The van der Waals surface area contributed by atoms with Crippen LogP contribution < -0.4 is 5.32 Å². The Balaban J connectivity index is 1.58. The van der Waals surface area contributed by atoms with Crippen LogP contribution in [0, 0.1) is 6.92 Å². The lowest BCUT2D eigenvalue weighted by Gasteiger charge is -2.23. The number of rotatable bonds is 5. The van der Waals surface area contributed by atoms with E-state index in [4.69, 9.17) is 0 Å². The molecule has 0 saturated carbocycles. The maximum Gasteiger partial charge on any atom is 0.248 e. The molecule has 1 aromatic carbocycles. The number of nitrogens with one attached hydrogen (secondary N) is 1. The summed E-state index contributed by atoms with van der Waals surface area (Å²) >= 11 is 1.38. The maximum absolute atomic E-state index is 12.6. The fraction of sp³-hybridized carbons (Fsp3) is 0.389. The lowest BCUT2D eigenvalue weighted by Crippen LogP contribution is -2.43. The van der Waals surface area contributed by atoms with Crippen molar-refractivity contribution in [1.82, 2.24) is 9.88 Å². The zero-order chi connectivity index (χ0) is 16.9. The van der Waals surface area contributed by atoms with Crippen LogP contribution in [-0.2, 0) is 16.0 Å². The number of aryl methyl sites for hydroxylation is 2. The van der Waals surface area contributed by atoms with Gasteiger partial charge in [-0.15, -0.1) is 11.3 Å². The Morgan fingerprint density at radius 3 is 3.04 bits per heavy atom. The molecule has 1 atom stereocenters. The minimum Gasteiger partial charge on any atom is -0.331 e. The Morgan fingerprint density at radius 2 is 2.29 bits per heavy atom. The number of benzene rings is 1. The quantitative estimate of drug-likeness (QED) is 0.908. The molecule has 1 saturated heterocycles. The van der Waals surface area contributed by atoms with Crippen LogP contribution in [0.4, 0.5) is 5.13 Å². The smallest absolute Gasteiger partial charge is 0.248 e. The van der Waals surface area contributed by atoms with Gasteiger partial charge in [-0.25, -0.2) is 4.98 Å². The van der Waals surface area contributed by atoms with Gasteiger partial charge in [-0.1, -0.05) is 29.8 Å². The second kappa shape index (κ2) is 7.57. The standard InChI is InChI=1S/C18H21N3O2S/c1-13-4-2-5-14(12-13)7-8-16(22)21-10-3-6-15(21)17(23)20-18-19-9-11-24-18/h2,4-5,9,11-12,15H,3,6-8,10H2,1H3,(H,19,20,23). The first kappa shape index (κ1) is 16.6. The molecule has 1 aromatic heterocycles. The summed E-state index contributed by atoms with van der Waals surface area (Å²) in [5.74, 6) is -0.0837. The molecule has 3 rings (SSSR count). The van der Waals surface area contributed by atoms with E-state index in [1.54, 1.807) is 11.1 Å². The maximum atomic E-state index is 12.6. The molecule has 5 nitrogen and oxygen atoms in total. The molecule has 126 valence electrons. The summed E-state index contributed by atoms with van der Waals surface area (Å²) in [6.07, 6.45) is 4.38. The molecular formula is C18H21N3O2S. The number of hydrogen-bond donors (Lipinski definition) is 1. The van der Waals surface area contributed by atoms with Crippen LogP contribution in [0.2, 0.25) is 0 Å². The molecule has 0 bridgehead atoms. The number of amides is 2. The van der Waals surface area contributed by atoms with E-state index in [1.165, 1.54) is 16.9 Å². The number of hydrogen-bond acceptors (Lipinski definition) is 4. The van der Waals surface area contributed by atoms with Gasteiger partial charge < -0.3 is 10.2 Å². The van der Waals surface area contributed by atoms with E-state index in [-0.39, 0.29) is 17.9 Å². The van der Waals surface area contributed by atoms with Crippen molar-refractivity contribution in [3.63, 3.8) is 0 Å². The molecule has 1 unspecified atom stereocenters. The van der Waals surface area contributed by atoms with Crippen molar-refractivity contribution in [2.75, 3.05) is 11.9 Å². The van der Waals surface area contributed by atoms with Gasteiger partial charge in [0.1, 0.15) is 6.04 Å². The van der Waals surface area contributed by atoms with Crippen LogP contribution in [0.3, 0.4) is 0 Å². The minimum atomic E-state index is -0.376. The largest absolute Gasteiger partial charge is 0.331 e. The van der Waals surface area contributed by atoms with Gasteiger partial charge in [0.2, 0.25) is 11.8 Å². The van der Waals surface area contributed by atoms with Crippen molar-refractivity contribution in [2.24, 2.45) is 0 Å². The molecule has 0 radical (unpaired) electrons. The Hall–Kier alpha value is -2.21. The average molecular weight is 343 g/mol. The molecule has 2 heterocycles. The summed E-state index contributed by atoms with van der Waals surface area (Å²) in [4.78, 5) is 30.7. The first-order valence-corrected chi connectivity index (χ1v) is 9.07. The highest BCUT2D eigenvalue weighted by Crippen LogP contribution is 2.21. The van der Waals surface area contributed by atoms with E-state index in [1.807, 2.05) is 30.5 Å². The molecule has 24 heavy (non-hydrogen) atoms. The van der Waals surface area contributed by atoms with E-state index in [0.29, 0.717) is 30.9 Å². The van der Waals surface area contributed by atoms with Crippen molar-refractivity contribution in [1.29, 1.82) is 0 Å². The predicted octanol–water partition coefficient (Wildman–Crippen LogP) is 3.01. The molecule has 0 spiro atoms. The number of thiazole rings is 1. The number of carbonyl (C=O) groups is 2. The topological polar surface area (TPSA) is 62.3 Å². The summed E-state index contributed by atoms with van der Waals surface area (Å²) in [6, 6.07) is 7.82. The van der Waals surface area contributed by atoms with Gasteiger partial charge in [0.05, 0.1) is 0 Å². The molecule has 6 heteroatoms. The molecule has 1 fully saturated rings. The number of nitrogens with zero attached hydrogens (tertiary/aromatic N) is 2. The average Bonchev–Trinajstić information content (AvgIpc) is 3.24. The van der Waals surface area contributed by atoms with Gasteiger partial charge in [0.25, 0.3) is 0 Å². The summed E-state index contributed by atoms with van der Waals surface area (Å²) in [5.41, 5.74) is 2.35. The van der Waals surface area contributed by atoms with Crippen molar-refractivity contribution < 1.29 is 9.59 Å². The van der Waals surface area contributed by atoms with Crippen molar-refractivity contribution >= 4 is 28.3 Å². The van der Waals surface area contributed by atoms with Crippen molar-refractivity contribution in [3.05, 3.63) is 47.0 Å². The summed E-state index contributed by atoms with van der Waals surface area (Å²) in [5, 5.41) is 5.20. The molecule has 0 aliphatic carbocycles. The summed E-state index contributed by atoms with van der Waals surface area (Å²) in [7, 11) is 0. The highest BCUT2D eigenvalue weighted by molar-refractivity contribution is 7.13. The third-order valence-corrected chi connectivity index (χ3v) is 4.94. The van der Waals surface area contributed by atoms with Crippen LogP contribution in [0.15, 0.2) is 35.8 Å². The van der Waals surface area contributed by atoms with Crippen LogP contribution in [0.5, 0.6) is 0 Å². The van der Waals surface area contributed by atoms with Gasteiger partial charge >= 0.3 is 0 Å². The first-order chi connectivity index (χ1) is 11.6. The zero-order valence-electron chi connectivity index (χ0n) is 13.7. The highest BCUT2D eigenvalue weighted by atomic mass is 32.1. The molecule has 1 aliphatic rings. The van der Waals surface area contributed by atoms with Crippen LogP contribution >= 0.6 is 11.3 Å². The van der Waals surface area contributed by atoms with Crippen molar-refractivity contribution in [3.8, 4) is 0 Å². The summed E-state index contributed by atoms with van der Waals surface area (Å²) < 4.78 is 0. The van der Waals surface area contributed by atoms with E-state index in [2.05, 4.69) is 16.4 Å². The number of anilines is 1. The van der Waals surface area contributed by atoms with Crippen molar-refractivity contribution in [2.45, 2.75) is 38.6 Å². The predicted molar refractivity (Wildman–Crippen MR) is 95.0 cm³/mol. The Labute approximate surface area is 145 Å². The van der Waals surface area contributed by atoms with Gasteiger partial charge in [-0.2, -0.15) is 0 Å². The van der Waals surface area contributed by atoms with Crippen LogP contribution in [0.25, 0.3) is 0 Å².